The van der Waals surface area contributed by atoms with Crippen LogP contribution in [-0.2, 0) is 6.18 Å². The molecule has 0 amide bonds. The normalized spacial score (nSPS) is 11.4. The van der Waals surface area contributed by atoms with Crippen molar-refractivity contribution in [3.05, 3.63) is 66.4 Å². The molecule has 0 N–H and O–H groups in total. The molecule has 3 aromatic rings. The smallest absolute Gasteiger partial charge is 0.420 e. The summed E-state index contributed by atoms with van der Waals surface area (Å²) in [6.45, 7) is 4.90. The van der Waals surface area contributed by atoms with Gasteiger partial charge in [-0.2, -0.15) is 13.2 Å². The van der Waals surface area contributed by atoms with Crippen LogP contribution in [0.5, 0.6) is 5.75 Å². The maximum Gasteiger partial charge on any atom is 0.420 e. The van der Waals surface area contributed by atoms with Crippen molar-refractivity contribution in [1.29, 1.82) is 0 Å². The van der Waals surface area contributed by atoms with Crippen LogP contribution in [0.2, 0.25) is 0 Å². The largest absolute Gasteiger partial charge is 0.491 e. The zero-order valence-electron chi connectivity index (χ0n) is 16.7. The Morgan fingerprint density at radius 3 is 2.37 bits per heavy atom. The molecular weight excluding hydrogens is 411 g/mol. The van der Waals surface area contributed by atoms with E-state index in [0.29, 0.717) is 29.5 Å². The molecule has 0 unspecified atom stereocenters. The molecule has 0 spiro atoms. The molecule has 4 nitrogen and oxygen atoms in total. The highest BCUT2D eigenvalue weighted by Crippen LogP contribution is 2.40. The molecule has 0 saturated heterocycles. The zero-order chi connectivity index (χ0) is 21.6. The summed E-state index contributed by atoms with van der Waals surface area (Å²) in [7, 11) is 0. The summed E-state index contributed by atoms with van der Waals surface area (Å²) in [4.78, 5) is 10.8. The number of benzene rings is 2. The Bertz CT molecular complexity index is 967. The van der Waals surface area contributed by atoms with E-state index in [-0.39, 0.29) is 11.0 Å². The van der Waals surface area contributed by atoms with Gasteiger partial charge in [0, 0.05) is 17.6 Å². The van der Waals surface area contributed by atoms with Crippen molar-refractivity contribution in [2.45, 2.75) is 36.4 Å². The number of para-hydroxylation sites is 2. The van der Waals surface area contributed by atoms with Gasteiger partial charge in [-0.3, -0.25) is 0 Å². The summed E-state index contributed by atoms with van der Waals surface area (Å²) in [6, 6.07) is 16.2. The summed E-state index contributed by atoms with van der Waals surface area (Å²) < 4.78 is 46.5. The van der Waals surface area contributed by atoms with Crippen molar-refractivity contribution in [3.63, 3.8) is 0 Å². The molecule has 30 heavy (non-hydrogen) atoms. The molecule has 1 heterocycles. The van der Waals surface area contributed by atoms with Gasteiger partial charge in [-0.25, -0.2) is 9.97 Å². The van der Waals surface area contributed by atoms with E-state index in [1.807, 2.05) is 44.2 Å². The van der Waals surface area contributed by atoms with Crippen LogP contribution < -0.4 is 9.64 Å². The van der Waals surface area contributed by atoms with Crippen LogP contribution in [0.1, 0.15) is 25.8 Å². The lowest BCUT2D eigenvalue weighted by atomic mass is 10.2. The number of rotatable bonds is 8. The lowest BCUT2D eigenvalue weighted by molar-refractivity contribution is -0.140. The van der Waals surface area contributed by atoms with E-state index in [4.69, 9.17) is 4.74 Å². The van der Waals surface area contributed by atoms with Crippen molar-refractivity contribution < 1.29 is 17.9 Å². The number of ether oxygens (including phenoxy) is 1. The molecule has 2 aromatic carbocycles. The fraction of sp³-hybridized carbons (Fsp3) is 0.273. The van der Waals surface area contributed by atoms with Gasteiger partial charge in [0.25, 0.3) is 0 Å². The van der Waals surface area contributed by atoms with Gasteiger partial charge in [0.15, 0.2) is 0 Å². The lowest BCUT2D eigenvalue weighted by Gasteiger charge is -2.24. The van der Waals surface area contributed by atoms with Gasteiger partial charge >= 0.3 is 6.18 Å². The van der Waals surface area contributed by atoms with Crippen molar-refractivity contribution in [2.75, 3.05) is 18.1 Å². The summed E-state index contributed by atoms with van der Waals surface area (Å²) in [5.74, 6) is 0.832. The average Bonchev–Trinajstić information content (AvgIpc) is 2.74. The Labute approximate surface area is 178 Å². The fourth-order valence-electron chi connectivity index (χ4n) is 2.79. The number of anilines is 2. The van der Waals surface area contributed by atoms with Crippen LogP contribution in [0, 0.1) is 0 Å². The molecule has 0 bridgehead atoms. The molecule has 0 aliphatic carbocycles. The van der Waals surface area contributed by atoms with Crippen molar-refractivity contribution in [3.8, 4) is 5.75 Å². The third-order valence-electron chi connectivity index (χ3n) is 4.18. The Kier molecular flexibility index (Phi) is 7.20. The van der Waals surface area contributed by atoms with Crippen LogP contribution in [0.3, 0.4) is 0 Å². The van der Waals surface area contributed by atoms with Crippen molar-refractivity contribution >= 4 is 23.4 Å². The first-order valence-corrected chi connectivity index (χ1v) is 10.4. The topological polar surface area (TPSA) is 38.2 Å². The SMILES string of the molecule is CCCOc1ccccc1N(CC)c1ncc(C(F)(F)F)c(Sc2ccccc2)n1. The van der Waals surface area contributed by atoms with Gasteiger partial charge in [-0.1, -0.05) is 49.0 Å². The summed E-state index contributed by atoms with van der Waals surface area (Å²) in [6.07, 6.45) is -2.85. The lowest BCUT2D eigenvalue weighted by Crippen LogP contribution is -2.21. The van der Waals surface area contributed by atoms with E-state index >= 15 is 0 Å². The predicted octanol–water partition coefficient (Wildman–Crippen LogP) is 6.59. The first-order valence-electron chi connectivity index (χ1n) is 9.60. The second-order valence-electron chi connectivity index (χ2n) is 6.36. The van der Waals surface area contributed by atoms with Crippen molar-refractivity contribution in [2.24, 2.45) is 0 Å². The monoisotopic (exact) mass is 433 g/mol. The van der Waals surface area contributed by atoms with Gasteiger partial charge in [-0.15, -0.1) is 0 Å². The molecule has 0 fully saturated rings. The molecule has 0 aliphatic heterocycles. The minimum atomic E-state index is -4.55. The highest BCUT2D eigenvalue weighted by molar-refractivity contribution is 7.99. The van der Waals surface area contributed by atoms with Crippen molar-refractivity contribution in [1.82, 2.24) is 9.97 Å². The molecule has 0 saturated carbocycles. The van der Waals surface area contributed by atoms with Crippen LogP contribution in [-0.4, -0.2) is 23.1 Å². The molecule has 3 rings (SSSR count). The third kappa shape index (κ3) is 5.24. The van der Waals surface area contributed by atoms with Gasteiger partial charge in [0.2, 0.25) is 5.95 Å². The number of halogens is 3. The van der Waals surface area contributed by atoms with E-state index < -0.39 is 11.7 Å². The van der Waals surface area contributed by atoms with E-state index in [1.165, 1.54) is 0 Å². The minimum Gasteiger partial charge on any atom is -0.491 e. The molecular formula is C22H22F3N3OS. The second-order valence-corrected chi connectivity index (χ2v) is 7.42. The van der Waals surface area contributed by atoms with E-state index in [2.05, 4.69) is 9.97 Å². The van der Waals surface area contributed by atoms with Crippen LogP contribution in [0.15, 0.2) is 70.7 Å². The minimum absolute atomic E-state index is 0.135. The summed E-state index contributed by atoms with van der Waals surface area (Å²) in [5.41, 5.74) is -0.143. The highest BCUT2D eigenvalue weighted by atomic mass is 32.2. The standard InChI is InChI=1S/C22H22F3N3OS/c1-3-14-29-19-13-9-8-12-18(19)28(4-2)21-26-15-17(22(23,24)25)20(27-21)30-16-10-6-5-7-11-16/h5-13,15H,3-4,14H2,1-2H3. The quantitative estimate of drug-likeness (QED) is 0.375. The number of hydrogen-bond acceptors (Lipinski definition) is 5. The Balaban J connectivity index is 2.04. The van der Waals surface area contributed by atoms with Crippen LogP contribution >= 0.6 is 11.8 Å². The molecule has 0 aliphatic rings. The second kappa shape index (κ2) is 9.84. The number of nitrogens with zero attached hydrogens (tertiary/aromatic N) is 3. The Morgan fingerprint density at radius 1 is 1.00 bits per heavy atom. The van der Waals surface area contributed by atoms with Gasteiger partial charge in [0.1, 0.15) is 16.3 Å². The van der Waals surface area contributed by atoms with E-state index in [1.54, 1.807) is 29.2 Å². The predicted molar refractivity (Wildman–Crippen MR) is 113 cm³/mol. The maximum atomic E-state index is 13.6. The van der Waals surface area contributed by atoms with Gasteiger partial charge < -0.3 is 9.64 Å². The van der Waals surface area contributed by atoms with Crippen LogP contribution in [0.25, 0.3) is 0 Å². The third-order valence-corrected chi connectivity index (χ3v) is 5.19. The molecule has 8 heteroatoms. The van der Waals surface area contributed by atoms with Gasteiger partial charge in [-0.05, 0) is 37.6 Å². The highest BCUT2D eigenvalue weighted by Gasteiger charge is 2.36. The number of hydrogen-bond donors (Lipinski definition) is 0. The molecule has 158 valence electrons. The Hall–Kier alpha value is -2.74. The van der Waals surface area contributed by atoms with Crippen LogP contribution in [0.4, 0.5) is 24.8 Å². The number of aromatic nitrogens is 2. The van der Waals surface area contributed by atoms with E-state index in [9.17, 15) is 13.2 Å². The first kappa shape index (κ1) is 22.0. The number of alkyl halides is 3. The fourth-order valence-corrected chi connectivity index (χ4v) is 3.72. The molecule has 0 atom stereocenters. The molecule has 1 aromatic heterocycles. The van der Waals surface area contributed by atoms with E-state index in [0.717, 1.165) is 24.4 Å². The maximum absolute atomic E-state index is 13.6. The molecule has 0 radical (unpaired) electrons. The summed E-state index contributed by atoms with van der Waals surface area (Å²) in [5, 5.41) is -0.135. The zero-order valence-corrected chi connectivity index (χ0v) is 17.5. The Morgan fingerprint density at radius 2 is 1.70 bits per heavy atom. The summed E-state index contributed by atoms with van der Waals surface area (Å²) >= 11 is 0.967. The van der Waals surface area contributed by atoms with Gasteiger partial charge in [0.05, 0.1) is 12.3 Å². The first-order chi connectivity index (χ1) is 14.4. The average molecular weight is 433 g/mol.